The first-order chi connectivity index (χ1) is 29.6. The predicted molar refractivity (Wildman–Crippen MR) is 257 cm³/mol. The maximum Gasteiger partial charge on any atom is 0.432 e. The van der Waals surface area contributed by atoms with E-state index in [0.717, 1.165) is 42.2 Å². The third-order valence-electron chi connectivity index (χ3n) is 11.8. The normalized spacial score (nSPS) is 12.2. The average Bonchev–Trinajstić information content (AvgIpc) is 4.02. The fraction of sp³-hybridized carbons (Fsp3) is 0.627. The van der Waals surface area contributed by atoms with Crippen LogP contribution >= 0.6 is 22.7 Å². The number of aromatic nitrogens is 3. The highest BCUT2D eigenvalue weighted by Crippen LogP contribution is 2.43. The summed E-state index contributed by atoms with van der Waals surface area (Å²) in [6.45, 7) is 6.25. The molecule has 0 aliphatic carbocycles. The van der Waals surface area contributed by atoms with Crippen LogP contribution in [-0.4, -0.2) is 20.9 Å². The van der Waals surface area contributed by atoms with Crippen molar-refractivity contribution in [2.45, 2.75) is 207 Å². The molecule has 0 atom stereocenters. The molecule has 4 aromatic heterocycles. The number of hydrogen-bond donors (Lipinski definition) is 3. The molecule has 0 radical (unpaired) electrons. The first kappa shape index (κ1) is 50.4. The van der Waals surface area contributed by atoms with E-state index in [1.165, 1.54) is 181 Å². The maximum absolute atomic E-state index is 13.6. The summed E-state index contributed by atoms with van der Waals surface area (Å²) in [5.41, 5.74) is 9.77. The van der Waals surface area contributed by atoms with Crippen LogP contribution in [0, 0.1) is 5.41 Å². The van der Waals surface area contributed by atoms with Crippen molar-refractivity contribution in [1.29, 1.82) is 5.41 Å². The molecule has 10 heteroatoms. The quantitative estimate of drug-likeness (QED) is 0.0329. The highest BCUT2D eigenvalue weighted by molar-refractivity contribution is 7.23. The topological polar surface area (TPSA) is 91.4 Å². The van der Waals surface area contributed by atoms with Crippen LogP contribution in [0.25, 0.3) is 31.6 Å². The van der Waals surface area contributed by atoms with Crippen molar-refractivity contribution in [3.63, 3.8) is 0 Å². The van der Waals surface area contributed by atoms with Gasteiger partial charge in [0.05, 0.1) is 17.1 Å². The van der Waals surface area contributed by atoms with E-state index in [2.05, 4.69) is 46.5 Å². The zero-order valence-corrected chi connectivity index (χ0v) is 39.4. The molecule has 0 amide bonds. The number of alkyl halides is 3. The lowest BCUT2D eigenvalue weighted by molar-refractivity contribution is -0.141. The van der Waals surface area contributed by atoms with E-state index >= 15 is 0 Å². The molecule has 4 heterocycles. The lowest BCUT2D eigenvalue weighted by Gasteiger charge is -2.09. The fourth-order valence-electron chi connectivity index (χ4n) is 8.22. The number of nitrogens with two attached hydrogens (primary N) is 1. The van der Waals surface area contributed by atoms with E-state index in [1.807, 2.05) is 12.1 Å². The van der Waals surface area contributed by atoms with Gasteiger partial charge in [-0.05, 0) is 91.1 Å². The van der Waals surface area contributed by atoms with Crippen LogP contribution in [0.3, 0.4) is 0 Å². The van der Waals surface area contributed by atoms with Gasteiger partial charge in [-0.15, -0.1) is 22.7 Å². The van der Waals surface area contributed by atoms with Crippen molar-refractivity contribution in [3.8, 4) is 31.6 Å². The minimum Gasteiger partial charge on any atom is -0.402 e. The summed E-state index contributed by atoms with van der Waals surface area (Å²) in [5, 5.41) is 17.2. The van der Waals surface area contributed by atoms with Gasteiger partial charge in [-0.3, -0.25) is 10.5 Å². The summed E-state index contributed by atoms with van der Waals surface area (Å²) >= 11 is 3.54. The molecule has 0 bridgehead atoms. The molecule has 0 fully saturated rings. The third kappa shape index (κ3) is 18.6. The molecule has 4 N–H and O–H groups in total. The van der Waals surface area contributed by atoms with Gasteiger partial charge in [0.15, 0.2) is 0 Å². The number of H-pyrrole nitrogens is 1. The number of unbranched alkanes of at least 4 members (excludes halogenated alkanes) is 24. The molecule has 0 aliphatic rings. The van der Waals surface area contributed by atoms with Crippen LogP contribution in [-0.2, 0) is 19.0 Å². The molecular formula is C51H76F3N5S2. The van der Waals surface area contributed by atoms with Gasteiger partial charge < -0.3 is 5.73 Å². The summed E-state index contributed by atoms with van der Waals surface area (Å²) in [5.74, 6) is 0. The summed E-state index contributed by atoms with van der Waals surface area (Å²) in [6.07, 6.45) is 33.2. The van der Waals surface area contributed by atoms with Gasteiger partial charge in [0.25, 0.3) is 0 Å². The van der Waals surface area contributed by atoms with E-state index in [1.54, 1.807) is 29.6 Å². The Hall–Kier alpha value is -3.24. The Morgan fingerprint density at radius 3 is 1.62 bits per heavy atom. The minimum absolute atomic E-state index is 0.0878. The number of nitrogens with one attached hydrogen (secondary N) is 2. The van der Waals surface area contributed by atoms with Crippen molar-refractivity contribution in [3.05, 3.63) is 70.0 Å². The highest BCUT2D eigenvalue weighted by Gasteiger charge is 2.33. The SMILES string of the molecule is CCCCCCCCCCCCCCCc1cc(-c2sccc2CCCCCCCCCCCCCCC)sc1-c1cc(C(=N)C=C(C)N)nc(-c2cc(C(F)(F)F)[nH]n2)c1. The van der Waals surface area contributed by atoms with Crippen LogP contribution in [0.15, 0.2) is 47.5 Å². The van der Waals surface area contributed by atoms with E-state index in [0.29, 0.717) is 11.4 Å². The van der Waals surface area contributed by atoms with Gasteiger partial charge in [0, 0.05) is 20.3 Å². The van der Waals surface area contributed by atoms with Crippen LogP contribution in [0.4, 0.5) is 13.2 Å². The van der Waals surface area contributed by atoms with E-state index in [4.69, 9.17) is 11.1 Å². The Morgan fingerprint density at radius 1 is 0.656 bits per heavy atom. The molecule has 0 saturated carbocycles. The second-order valence-electron chi connectivity index (χ2n) is 17.3. The van der Waals surface area contributed by atoms with Gasteiger partial charge in [0.2, 0.25) is 0 Å². The van der Waals surface area contributed by atoms with Crippen molar-refractivity contribution in [2.24, 2.45) is 5.73 Å². The monoisotopic (exact) mass is 880 g/mol. The number of halogens is 3. The standard InChI is InChI=1S/C51H76F3N5S2/c1-4-6-8-10-12-14-16-18-20-22-24-26-28-30-40-32-33-60-50(40)47-37-41(31-29-27-25-23-21-19-17-15-13-11-9-7-5-2)49(61-47)42-35-44(43(56)34-39(3)55)57-45(36-42)46-38-48(59-58-46)51(52,53)54/h32-38,56H,4-31,55H2,1-3H3,(H,58,59). The molecule has 0 saturated heterocycles. The van der Waals surface area contributed by atoms with Gasteiger partial charge >= 0.3 is 6.18 Å². The summed E-state index contributed by atoms with van der Waals surface area (Å²) in [6, 6.07) is 9.34. The molecule has 0 unspecified atom stereocenters. The Labute approximate surface area is 374 Å². The lowest BCUT2D eigenvalue weighted by Crippen LogP contribution is -2.05. The number of thiophene rings is 2. The van der Waals surface area contributed by atoms with Crippen LogP contribution in [0.5, 0.6) is 0 Å². The molecule has 0 aliphatic heterocycles. The molecule has 4 rings (SSSR count). The van der Waals surface area contributed by atoms with Gasteiger partial charge in [-0.25, -0.2) is 4.98 Å². The number of nitrogens with zero attached hydrogens (tertiary/aromatic N) is 2. The third-order valence-corrected chi connectivity index (χ3v) is 14.1. The molecule has 0 spiro atoms. The van der Waals surface area contributed by atoms with E-state index in [-0.39, 0.29) is 17.1 Å². The summed E-state index contributed by atoms with van der Waals surface area (Å²) in [4.78, 5) is 8.25. The second-order valence-corrected chi connectivity index (χ2v) is 19.3. The second kappa shape index (κ2) is 28.4. The van der Waals surface area contributed by atoms with Crippen molar-refractivity contribution in [2.75, 3.05) is 0 Å². The Kier molecular flexibility index (Phi) is 23.5. The maximum atomic E-state index is 13.6. The van der Waals surface area contributed by atoms with E-state index in [9.17, 15) is 13.2 Å². The summed E-state index contributed by atoms with van der Waals surface area (Å²) in [7, 11) is 0. The van der Waals surface area contributed by atoms with Gasteiger partial charge in [-0.2, -0.15) is 18.3 Å². The fourth-order valence-corrected chi connectivity index (χ4v) is 10.5. The van der Waals surface area contributed by atoms with Crippen molar-refractivity contribution < 1.29 is 13.2 Å². The number of aromatic amines is 1. The van der Waals surface area contributed by atoms with E-state index < -0.39 is 11.9 Å². The number of hydrogen-bond acceptors (Lipinski definition) is 6. The molecule has 338 valence electrons. The largest absolute Gasteiger partial charge is 0.432 e. The van der Waals surface area contributed by atoms with Gasteiger partial charge in [0.1, 0.15) is 11.4 Å². The molecule has 4 aromatic rings. The zero-order chi connectivity index (χ0) is 43.7. The van der Waals surface area contributed by atoms with Crippen molar-refractivity contribution >= 4 is 28.4 Å². The lowest BCUT2D eigenvalue weighted by atomic mass is 10.00. The van der Waals surface area contributed by atoms with Crippen molar-refractivity contribution in [1.82, 2.24) is 15.2 Å². The van der Waals surface area contributed by atoms with Crippen LogP contribution < -0.4 is 5.73 Å². The molecule has 61 heavy (non-hydrogen) atoms. The Bertz CT molecular complexity index is 1850. The van der Waals surface area contributed by atoms with Crippen LogP contribution in [0.2, 0.25) is 0 Å². The first-order valence-electron chi connectivity index (χ1n) is 24.0. The average molecular weight is 880 g/mol. The zero-order valence-electron chi connectivity index (χ0n) is 37.8. The molecule has 0 aromatic carbocycles. The Morgan fingerprint density at radius 2 is 1.15 bits per heavy atom. The minimum atomic E-state index is -4.56. The molecular weight excluding hydrogens is 804 g/mol. The number of allylic oxidation sites excluding steroid dienone is 2. The predicted octanol–water partition coefficient (Wildman–Crippen LogP) is 17.4. The Balaban J connectivity index is 1.46. The number of pyridine rings is 1. The summed E-state index contributed by atoms with van der Waals surface area (Å²) < 4.78 is 40.9. The highest BCUT2D eigenvalue weighted by atomic mass is 32.1. The van der Waals surface area contributed by atoms with Crippen LogP contribution in [0.1, 0.15) is 210 Å². The number of aryl methyl sites for hydroxylation is 2. The van der Waals surface area contributed by atoms with Gasteiger partial charge in [-0.1, -0.05) is 168 Å². The first-order valence-corrected chi connectivity index (χ1v) is 25.7. The smallest absolute Gasteiger partial charge is 0.402 e. The molecule has 5 nitrogen and oxygen atoms in total. The number of rotatable bonds is 33.